The number of nitrogens with zero attached hydrogens (tertiary/aromatic N) is 4. The molecule has 2 aromatic heterocycles. The zero-order valence-electron chi connectivity index (χ0n) is 16.9. The molecule has 0 aliphatic rings. The van der Waals surface area contributed by atoms with Gasteiger partial charge in [0, 0.05) is 43.6 Å². The number of benzene rings is 1. The Bertz CT molecular complexity index is 930. The number of rotatable bonds is 8. The fraction of sp³-hybridized carbons (Fsp3) is 0.381. The number of hydrogen-bond donors (Lipinski definition) is 1. The number of aryl methyl sites for hydroxylation is 2. The third kappa shape index (κ3) is 4.14. The standard InChI is InChI=1S/C21H27N5O2/c1-5-26-16(3)18(15(2)24-26)14-25(11-12-28-4)21(27)20-13-19(22-23-20)17-9-7-6-8-10-17/h6-10,13H,5,11-12,14H2,1-4H3,(H,22,23). The minimum absolute atomic E-state index is 0.102. The van der Waals surface area contributed by atoms with E-state index in [0.717, 1.165) is 34.8 Å². The minimum atomic E-state index is -0.102. The first-order valence-corrected chi connectivity index (χ1v) is 9.47. The lowest BCUT2D eigenvalue weighted by Gasteiger charge is -2.22. The summed E-state index contributed by atoms with van der Waals surface area (Å²) in [4.78, 5) is 15.0. The van der Waals surface area contributed by atoms with Crippen LogP contribution in [-0.2, 0) is 17.8 Å². The van der Waals surface area contributed by atoms with Crippen LogP contribution in [0.5, 0.6) is 0 Å². The van der Waals surface area contributed by atoms with Gasteiger partial charge >= 0.3 is 0 Å². The highest BCUT2D eigenvalue weighted by Crippen LogP contribution is 2.20. The van der Waals surface area contributed by atoms with Gasteiger partial charge in [0.2, 0.25) is 0 Å². The van der Waals surface area contributed by atoms with Crippen molar-refractivity contribution >= 4 is 5.91 Å². The van der Waals surface area contributed by atoms with Crippen LogP contribution in [0, 0.1) is 13.8 Å². The minimum Gasteiger partial charge on any atom is -0.383 e. The normalized spacial score (nSPS) is 11.0. The molecule has 0 aliphatic carbocycles. The number of methoxy groups -OCH3 is 1. The number of carbonyl (C=O) groups is 1. The van der Waals surface area contributed by atoms with Gasteiger partial charge in [-0.25, -0.2) is 0 Å². The third-order valence-corrected chi connectivity index (χ3v) is 4.91. The number of H-pyrrole nitrogens is 1. The van der Waals surface area contributed by atoms with E-state index in [1.54, 1.807) is 18.1 Å². The van der Waals surface area contributed by atoms with Gasteiger partial charge < -0.3 is 9.64 Å². The summed E-state index contributed by atoms with van der Waals surface area (Å²) in [5.74, 6) is -0.102. The summed E-state index contributed by atoms with van der Waals surface area (Å²) in [6, 6.07) is 11.6. The van der Waals surface area contributed by atoms with E-state index in [4.69, 9.17) is 4.74 Å². The smallest absolute Gasteiger partial charge is 0.272 e. The van der Waals surface area contributed by atoms with Crippen molar-refractivity contribution in [1.82, 2.24) is 24.9 Å². The molecule has 0 fully saturated rings. The number of amides is 1. The molecule has 7 heteroatoms. The Labute approximate surface area is 165 Å². The number of nitrogens with one attached hydrogen (secondary N) is 1. The molecule has 0 spiro atoms. The van der Waals surface area contributed by atoms with Gasteiger partial charge in [-0.1, -0.05) is 30.3 Å². The monoisotopic (exact) mass is 381 g/mol. The summed E-state index contributed by atoms with van der Waals surface area (Å²) in [5.41, 5.74) is 5.30. The molecule has 28 heavy (non-hydrogen) atoms. The molecule has 3 aromatic rings. The van der Waals surface area contributed by atoms with Crippen LogP contribution < -0.4 is 0 Å². The van der Waals surface area contributed by atoms with E-state index in [-0.39, 0.29) is 5.91 Å². The lowest BCUT2D eigenvalue weighted by molar-refractivity contribution is 0.0674. The van der Waals surface area contributed by atoms with Gasteiger partial charge in [-0.05, 0) is 26.8 Å². The predicted octanol–water partition coefficient (Wildman–Crippen LogP) is 3.20. The molecular weight excluding hydrogens is 354 g/mol. The molecule has 7 nitrogen and oxygen atoms in total. The maximum absolute atomic E-state index is 13.2. The highest BCUT2D eigenvalue weighted by atomic mass is 16.5. The van der Waals surface area contributed by atoms with Crippen LogP contribution in [0.15, 0.2) is 36.4 Å². The first kappa shape index (κ1) is 19.8. The van der Waals surface area contributed by atoms with Crippen molar-refractivity contribution in [2.45, 2.75) is 33.9 Å². The Balaban J connectivity index is 1.85. The second-order valence-electron chi connectivity index (χ2n) is 6.72. The van der Waals surface area contributed by atoms with Gasteiger partial charge in [-0.15, -0.1) is 0 Å². The summed E-state index contributed by atoms with van der Waals surface area (Å²) >= 11 is 0. The van der Waals surface area contributed by atoms with Crippen LogP contribution in [0.2, 0.25) is 0 Å². The van der Waals surface area contributed by atoms with E-state index in [1.807, 2.05) is 48.9 Å². The highest BCUT2D eigenvalue weighted by Gasteiger charge is 2.22. The zero-order chi connectivity index (χ0) is 20.1. The molecule has 0 bridgehead atoms. The van der Waals surface area contributed by atoms with Crippen LogP contribution in [0.1, 0.15) is 34.4 Å². The molecule has 2 heterocycles. The quantitative estimate of drug-likeness (QED) is 0.650. The van der Waals surface area contributed by atoms with Crippen LogP contribution in [-0.4, -0.2) is 51.0 Å². The van der Waals surface area contributed by atoms with E-state index in [0.29, 0.717) is 25.4 Å². The number of aromatic amines is 1. The molecule has 0 saturated carbocycles. The zero-order valence-corrected chi connectivity index (χ0v) is 16.9. The summed E-state index contributed by atoms with van der Waals surface area (Å²) < 4.78 is 7.18. The summed E-state index contributed by atoms with van der Waals surface area (Å²) in [7, 11) is 1.64. The first-order chi connectivity index (χ1) is 13.5. The summed E-state index contributed by atoms with van der Waals surface area (Å²) in [5, 5.41) is 11.8. The molecule has 0 aliphatic heterocycles. The van der Waals surface area contributed by atoms with E-state index in [1.165, 1.54) is 0 Å². The van der Waals surface area contributed by atoms with Crippen molar-refractivity contribution < 1.29 is 9.53 Å². The van der Waals surface area contributed by atoms with Crippen LogP contribution >= 0.6 is 0 Å². The number of carbonyl (C=O) groups excluding carboxylic acids is 1. The van der Waals surface area contributed by atoms with Crippen molar-refractivity contribution in [2.75, 3.05) is 20.3 Å². The topological polar surface area (TPSA) is 76.0 Å². The molecule has 1 aromatic carbocycles. The SMILES string of the molecule is CCn1nc(C)c(CN(CCOC)C(=O)c2cc(-c3ccccc3)n[nH]2)c1C. The van der Waals surface area contributed by atoms with Gasteiger partial charge in [-0.3, -0.25) is 14.6 Å². The summed E-state index contributed by atoms with van der Waals surface area (Å²) in [6.45, 7) is 8.33. The fourth-order valence-electron chi connectivity index (χ4n) is 3.27. The number of aromatic nitrogens is 4. The average molecular weight is 381 g/mol. The molecule has 0 saturated heterocycles. The van der Waals surface area contributed by atoms with E-state index in [9.17, 15) is 4.79 Å². The van der Waals surface area contributed by atoms with Crippen LogP contribution in [0.3, 0.4) is 0 Å². The van der Waals surface area contributed by atoms with Gasteiger partial charge in [0.25, 0.3) is 5.91 Å². The van der Waals surface area contributed by atoms with Crippen molar-refractivity contribution in [3.63, 3.8) is 0 Å². The average Bonchev–Trinajstić information content (AvgIpc) is 3.31. The second kappa shape index (κ2) is 8.84. The van der Waals surface area contributed by atoms with E-state index < -0.39 is 0 Å². The number of ether oxygens (including phenoxy) is 1. The van der Waals surface area contributed by atoms with Crippen LogP contribution in [0.25, 0.3) is 11.3 Å². The van der Waals surface area contributed by atoms with Gasteiger partial charge in [-0.2, -0.15) is 10.2 Å². The Morgan fingerprint density at radius 2 is 2.00 bits per heavy atom. The van der Waals surface area contributed by atoms with Crippen LogP contribution in [0.4, 0.5) is 0 Å². The Morgan fingerprint density at radius 3 is 2.64 bits per heavy atom. The molecule has 148 valence electrons. The second-order valence-corrected chi connectivity index (χ2v) is 6.72. The molecule has 0 unspecified atom stereocenters. The molecule has 1 amide bonds. The fourth-order valence-corrected chi connectivity index (χ4v) is 3.27. The Kier molecular flexibility index (Phi) is 6.26. The number of hydrogen-bond acceptors (Lipinski definition) is 4. The van der Waals surface area contributed by atoms with Crippen molar-refractivity contribution in [1.29, 1.82) is 0 Å². The van der Waals surface area contributed by atoms with Gasteiger partial charge in [0.05, 0.1) is 18.0 Å². The third-order valence-electron chi connectivity index (χ3n) is 4.91. The lowest BCUT2D eigenvalue weighted by atomic mass is 10.1. The predicted molar refractivity (Wildman–Crippen MR) is 108 cm³/mol. The van der Waals surface area contributed by atoms with Gasteiger partial charge in [0.15, 0.2) is 0 Å². The van der Waals surface area contributed by atoms with E-state index in [2.05, 4.69) is 22.2 Å². The maximum atomic E-state index is 13.2. The van der Waals surface area contributed by atoms with E-state index >= 15 is 0 Å². The molecule has 1 N–H and O–H groups in total. The Morgan fingerprint density at radius 1 is 1.25 bits per heavy atom. The van der Waals surface area contributed by atoms with Crippen molar-refractivity contribution in [3.05, 3.63) is 59.0 Å². The molecule has 0 radical (unpaired) electrons. The van der Waals surface area contributed by atoms with Gasteiger partial charge in [0.1, 0.15) is 5.69 Å². The summed E-state index contributed by atoms with van der Waals surface area (Å²) in [6.07, 6.45) is 0. The largest absolute Gasteiger partial charge is 0.383 e. The molecule has 3 rings (SSSR count). The molecular formula is C21H27N5O2. The first-order valence-electron chi connectivity index (χ1n) is 9.47. The molecule has 0 atom stereocenters. The maximum Gasteiger partial charge on any atom is 0.272 e. The van der Waals surface area contributed by atoms with Crippen molar-refractivity contribution in [3.8, 4) is 11.3 Å². The highest BCUT2D eigenvalue weighted by molar-refractivity contribution is 5.93. The van der Waals surface area contributed by atoms with Crippen molar-refractivity contribution in [2.24, 2.45) is 0 Å². The Hall–Kier alpha value is -2.93. The lowest BCUT2D eigenvalue weighted by Crippen LogP contribution is -2.34.